The Balaban J connectivity index is 1.48. The molecule has 0 saturated carbocycles. The van der Waals surface area contributed by atoms with Crippen LogP contribution in [0.5, 0.6) is 0 Å². The number of benzene rings is 2. The summed E-state index contributed by atoms with van der Waals surface area (Å²) in [5.41, 5.74) is -0.720. The molecule has 1 aliphatic heterocycles. The van der Waals surface area contributed by atoms with Gasteiger partial charge in [0.2, 0.25) is 0 Å². The highest BCUT2D eigenvalue weighted by molar-refractivity contribution is 5.76. The molecule has 2 heterocycles. The van der Waals surface area contributed by atoms with Gasteiger partial charge < -0.3 is 15.0 Å². The molecule has 0 spiro atoms. The molecule has 0 aliphatic carbocycles. The van der Waals surface area contributed by atoms with Crippen LogP contribution in [-0.2, 0) is 17.5 Å². The molecule has 2 unspecified atom stereocenters. The lowest BCUT2D eigenvalue weighted by Gasteiger charge is -2.36. The number of alkyl halides is 3. The molecule has 10 heteroatoms. The molecule has 2 N–H and O–H groups in total. The summed E-state index contributed by atoms with van der Waals surface area (Å²) in [5.74, 6) is -2.28. The van der Waals surface area contributed by atoms with Crippen molar-refractivity contribution >= 4 is 16.9 Å². The van der Waals surface area contributed by atoms with Crippen LogP contribution in [0.3, 0.4) is 0 Å². The Morgan fingerprint density at radius 1 is 1.06 bits per heavy atom. The third-order valence-electron chi connectivity index (χ3n) is 6.21. The van der Waals surface area contributed by atoms with Gasteiger partial charge in [-0.05, 0) is 48.7 Å². The summed E-state index contributed by atoms with van der Waals surface area (Å²) in [6, 6.07) is 11.3. The van der Waals surface area contributed by atoms with Crippen molar-refractivity contribution in [3.05, 3.63) is 80.5 Å². The van der Waals surface area contributed by atoms with E-state index in [2.05, 4.69) is 4.98 Å². The van der Waals surface area contributed by atoms with Crippen LogP contribution in [-0.4, -0.2) is 45.2 Å². The average molecular weight is 461 g/mol. The van der Waals surface area contributed by atoms with E-state index in [9.17, 15) is 32.7 Å². The van der Waals surface area contributed by atoms with Crippen molar-refractivity contribution in [2.24, 2.45) is 5.92 Å². The van der Waals surface area contributed by atoms with Crippen LogP contribution in [0.25, 0.3) is 10.9 Å². The minimum atomic E-state index is -4.45. The summed E-state index contributed by atoms with van der Waals surface area (Å²) < 4.78 is 39.6. The van der Waals surface area contributed by atoms with Crippen molar-refractivity contribution in [3.8, 4) is 0 Å². The summed E-state index contributed by atoms with van der Waals surface area (Å²) >= 11 is 0. The number of para-hydroxylation sites is 1. The molecule has 1 saturated heterocycles. The SMILES string of the molecule is O=C(O)C1CN(CCn2c(=O)[nH]c3ccccc3c2=O)CCC1c1ccc(C(F)(F)F)cc1. The third kappa shape index (κ3) is 4.70. The maximum atomic E-state index is 12.8. The Labute approximate surface area is 186 Å². The summed E-state index contributed by atoms with van der Waals surface area (Å²) in [6.07, 6.45) is -4.02. The van der Waals surface area contributed by atoms with Crippen LogP contribution >= 0.6 is 0 Å². The Kier molecular flexibility index (Phi) is 6.11. The fraction of sp³-hybridized carbons (Fsp3) is 0.348. The van der Waals surface area contributed by atoms with Gasteiger partial charge in [0.15, 0.2) is 0 Å². The second kappa shape index (κ2) is 8.86. The normalized spacial score (nSPS) is 19.6. The average Bonchev–Trinajstić information content (AvgIpc) is 2.78. The van der Waals surface area contributed by atoms with Crippen LogP contribution in [0, 0.1) is 5.92 Å². The van der Waals surface area contributed by atoms with E-state index < -0.39 is 40.8 Å². The number of fused-ring (bicyclic) bond motifs is 1. The molecule has 1 fully saturated rings. The number of rotatable bonds is 5. The molecule has 7 nitrogen and oxygen atoms in total. The first kappa shape index (κ1) is 22.8. The number of hydrogen-bond donors (Lipinski definition) is 2. The van der Waals surface area contributed by atoms with E-state index in [1.54, 1.807) is 24.3 Å². The van der Waals surface area contributed by atoms with Crippen molar-refractivity contribution in [2.75, 3.05) is 19.6 Å². The smallest absolute Gasteiger partial charge is 0.416 e. The van der Waals surface area contributed by atoms with Crippen LogP contribution in [0.2, 0.25) is 0 Å². The molecule has 0 radical (unpaired) electrons. The zero-order valence-corrected chi connectivity index (χ0v) is 17.5. The number of H-pyrrole nitrogens is 1. The zero-order chi connectivity index (χ0) is 23.8. The zero-order valence-electron chi connectivity index (χ0n) is 17.5. The fourth-order valence-electron chi connectivity index (χ4n) is 4.43. The highest BCUT2D eigenvalue weighted by atomic mass is 19.4. The van der Waals surface area contributed by atoms with Crippen LogP contribution in [0.1, 0.15) is 23.5 Å². The first-order chi connectivity index (χ1) is 15.6. The Bertz CT molecular complexity index is 1280. The number of piperidine rings is 1. The number of likely N-dealkylation sites (tertiary alicyclic amines) is 1. The van der Waals surface area contributed by atoms with Gasteiger partial charge in [0.05, 0.1) is 22.4 Å². The van der Waals surface area contributed by atoms with Gasteiger partial charge in [-0.25, -0.2) is 4.79 Å². The van der Waals surface area contributed by atoms with Crippen molar-refractivity contribution < 1.29 is 23.1 Å². The molecule has 1 aliphatic rings. The number of carbonyl (C=O) groups is 1. The largest absolute Gasteiger partial charge is 0.481 e. The predicted octanol–water partition coefficient (Wildman–Crippen LogP) is 2.90. The molecule has 0 amide bonds. The maximum Gasteiger partial charge on any atom is 0.416 e. The van der Waals surface area contributed by atoms with Gasteiger partial charge in [0.25, 0.3) is 5.56 Å². The van der Waals surface area contributed by atoms with Crippen molar-refractivity contribution in [2.45, 2.75) is 25.1 Å². The first-order valence-corrected chi connectivity index (χ1v) is 10.5. The van der Waals surface area contributed by atoms with E-state index in [0.717, 1.165) is 16.7 Å². The quantitative estimate of drug-likeness (QED) is 0.609. The number of carboxylic acids is 1. The molecule has 1 aromatic heterocycles. The molecule has 33 heavy (non-hydrogen) atoms. The van der Waals surface area contributed by atoms with E-state index in [1.165, 1.54) is 12.1 Å². The Morgan fingerprint density at radius 3 is 2.42 bits per heavy atom. The van der Waals surface area contributed by atoms with Gasteiger partial charge >= 0.3 is 17.8 Å². The monoisotopic (exact) mass is 461 g/mol. The van der Waals surface area contributed by atoms with Gasteiger partial charge in [0.1, 0.15) is 0 Å². The number of carboxylic acid groups (broad SMARTS) is 1. The standard InChI is InChI=1S/C23H22F3N3O4/c24-23(25,26)15-7-5-14(6-8-15)16-9-10-28(13-18(16)21(31)32)11-12-29-20(30)17-3-1-2-4-19(17)27-22(29)33/h1-8,16,18H,9-13H2,(H,27,33)(H,31,32). The van der Waals surface area contributed by atoms with E-state index in [0.29, 0.717) is 36.0 Å². The molecule has 3 aromatic rings. The van der Waals surface area contributed by atoms with Crippen LogP contribution in [0.15, 0.2) is 58.1 Å². The second-order valence-corrected chi connectivity index (χ2v) is 8.19. The third-order valence-corrected chi connectivity index (χ3v) is 6.21. The lowest BCUT2D eigenvalue weighted by atomic mass is 9.80. The second-order valence-electron chi connectivity index (χ2n) is 8.19. The lowest BCUT2D eigenvalue weighted by Crippen LogP contribution is -2.46. The highest BCUT2D eigenvalue weighted by Crippen LogP contribution is 2.35. The fourth-order valence-corrected chi connectivity index (χ4v) is 4.43. The van der Waals surface area contributed by atoms with E-state index in [-0.39, 0.29) is 13.1 Å². The number of aromatic nitrogens is 2. The molecule has 0 bridgehead atoms. The highest BCUT2D eigenvalue weighted by Gasteiger charge is 2.36. The van der Waals surface area contributed by atoms with Crippen LogP contribution < -0.4 is 11.2 Å². The molecule has 2 atom stereocenters. The predicted molar refractivity (Wildman–Crippen MR) is 115 cm³/mol. The minimum absolute atomic E-state index is 0.0935. The van der Waals surface area contributed by atoms with Gasteiger partial charge in [-0.15, -0.1) is 0 Å². The van der Waals surface area contributed by atoms with Gasteiger partial charge in [-0.3, -0.25) is 14.2 Å². The van der Waals surface area contributed by atoms with Crippen molar-refractivity contribution in [1.82, 2.24) is 14.5 Å². The molecular weight excluding hydrogens is 439 g/mol. The summed E-state index contributed by atoms with van der Waals surface area (Å²) in [4.78, 5) is 41.5. The lowest BCUT2D eigenvalue weighted by molar-refractivity contribution is -0.144. The van der Waals surface area contributed by atoms with Gasteiger partial charge in [-0.2, -0.15) is 13.2 Å². The molecule has 174 valence electrons. The molecule has 2 aromatic carbocycles. The number of halogens is 3. The Morgan fingerprint density at radius 2 is 1.76 bits per heavy atom. The molecular formula is C23H22F3N3O4. The summed E-state index contributed by atoms with van der Waals surface area (Å²) in [7, 11) is 0. The number of aromatic amines is 1. The topological polar surface area (TPSA) is 95.4 Å². The number of nitrogens with zero attached hydrogens (tertiary/aromatic N) is 2. The van der Waals surface area contributed by atoms with Gasteiger partial charge in [0, 0.05) is 19.6 Å². The number of aliphatic carboxylic acids is 1. The van der Waals surface area contributed by atoms with E-state index in [1.807, 2.05) is 4.90 Å². The van der Waals surface area contributed by atoms with E-state index in [4.69, 9.17) is 0 Å². The number of nitrogens with one attached hydrogen (secondary N) is 1. The maximum absolute atomic E-state index is 12.8. The summed E-state index contributed by atoms with van der Waals surface area (Å²) in [5, 5.41) is 10.1. The molecule has 4 rings (SSSR count). The van der Waals surface area contributed by atoms with Gasteiger partial charge in [-0.1, -0.05) is 24.3 Å². The van der Waals surface area contributed by atoms with Crippen molar-refractivity contribution in [1.29, 1.82) is 0 Å². The van der Waals surface area contributed by atoms with Crippen LogP contribution in [0.4, 0.5) is 13.2 Å². The first-order valence-electron chi connectivity index (χ1n) is 10.5. The van der Waals surface area contributed by atoms with E-state index >= 15 is 0 Å². The minimum Gasteiger partial charge on any atom is -0.481 e. The summed E-state index contributed by atoms with van der Waals surface area (Å²) in [6.45, 7) is 1.05. The Hall–Kier alpha value is -3.40. The number of hydrogen-bond acceptors (Lipinski definition) is 4. The van der Waals surface area contributed by atoms with Crippen molar-refractivity contribution in [3.63, 3.8) is 0 Å².